The molecule has 0 spiro atoms. The second kappa shape index (κ2) is 8.37. The number of carbonyl (C=O) groups is 1. The summed E-state index contributed by atoms with van der Waals surface area (Å²) in [7, 11) is 1.88. The van der Waals surface area contributed by atoms with Crippen LogP contribution in [0.2, 0.25) is 0 Å². The molecule has 0 saturated heterocycles. The molecule has 0 bridgehead atoms. The van der Waals surface area contributed by atoms with E-state index in [4.69, 9.17) is 5.73 Å². The molecule has 1 aliphatic rings. The van der Waals surface area contributed by atoms with E-state index >= 15 is 0 Å². The Morgan fingerprint density at radius 2 is 2.20 bits per heavy atom. The predicted octanol–water partition coefficient (Wildman–Crippen LogP) is 3.80. The van der Waals surface area contributed by atoms with E-state index in [1.165, 1.54) is 17.7 Å². The first-order chi connectivity index (χ1) is 9.06. The molecule has 0 radical (unpaired) electrons. The first-order valence-corrected chi connectivity index (χ1v) is 8.46. The van der Waals surface area contributed by atoms with Crippen molar-refractivity contribution in [3.05, 3.63) is 20.8 Å². The lowest BCUT2D eigenvalue weighted by molar-refractivity contribution is -0.131. The van der Waals surface area contributed by atoms with E-state index in [1.807, 2.05) is 17.3 Å². The molecule has 2 unspecified atom stereocenters. The molecule has 20 heavy (non-hydrogen) atoms. The Morgan fingerprint density at radius 3 is 2.80 bits per heavy atom. The van der Waals surface area contributed by atoms with Crippen molar-refractivity contribution in [3.63, 3.8) is 0 Å². The SMILES string of the molecule is CN(Cc1cc(Br)cs1)C(=O)CC1CCCCC1N.Cl. The maximum atomic E-state index is 12.2. The van der Waals surface area contributed by atoms with Crippen LogP contribution in [-0.4, -0.2) is 23.9 Å². The van der Waals surface area contributed by atoms with E-state index in [9.17, 15) is 4.79 Å². The number of nitrogens with two attached hydrogens (primary N) is 1. The molecule has 1 heterocycles. The van der Waals surface area contributed by atoms with Crippen LogP contribution in [0, 0.1) is 5.92 Å². The molecule has 6 heteroatoms. The minimum Gasteiger partial charge on any atom is -0.341 e. The monoisotopic (exact) mass is 380 g/mol. The summed E-state index contributed by atoms with van der Waals surface area (Å²) in [5, 5.41) is 2.05. The van der Waals surface area contributed by atoms with Crippen LogP contribution in [0.5, 0.6) is 0 Å². The molecular formula is C14H22BrClN2OS. The lowest BCUT2D eigenvalue weighted by Crippen LogP contribution is -2.37. The van der Waals surface area contributed by atoms with Crippen molar-refractivity contribution in [2.75, 3.05) is 7.05 Å². The molecule has 3 nitrogen and oxygen atoms in total. The fourth-order valence-corrected chi connectivity index (χ4v) is 4.13. The van der Waals surface area contributed by atoms with Gasteiger partial charge in [0.1, 0.15) is 0 Å². The van der Waals surface area contributed by atoms with E-state index in [0.717, 1.165) is 17.3 Å². The highest BCUT2D eigenvalue weighted by Crippen LogP contribution is 2.27. The summed E-state index contributed by atoms with van der Waals surface area (Å²) < 4.78 is 1.09. The van der Waals surface area contributed by atoms with Crippen LogP contribution in [0.1, 0.15) is 37.0 Å². The average Bonchev–Trinajstić information content (AvgIpc) is 2.77. The Hall–Kier alpha value is -0.100. The number of rotatable bonds is 4. The molecule has 1 aromatic heterocycles. The third-order valence-electron chi connectivity index (χ3n) is 3.85. The fourth-order valence-electron chi connectivity index (χ4n) is 2.63. The molecule has 0 aromatic carbocycles. The summed E-state index contributed by atoms with van der Waals surface area (Å²) in [6, 6.07) is 2.28. The maximum absolute atomic E-state index is 12.2. The van der Waals surface area contributed by atoms with Crippen molar-refractivity contribution in [3.8, 4) is 0 Å². The summed E-state index contributed by atoms with van der Waals surface area (Å²) in [5.74, 6) is 0.589. The normalized spacial score (nSPS) is 22.1. The highest BCUT2D eigenvalue weighted by Gasteiger charge is 2.25. The van der Waals surface area contributed by atoms with Crippen LogP contribution in [-0.2, 0) is 11.3 Å². The summed E-state index contributed by atoms with van der Waals surface area (Å²) in [6.07, 6.45) is 5.20. The van der Waals surface area contributed by atoms with E-state index in [2.05, 4.69) is 22.0 Å². The van der Waals surface area contributed by atoms with Crippen molar-refractivity contribution < 1.29 is 4.79 Å². The molecule has 1 aromatic rings. The molecule has 1 aliphatic carbocycles. The lowest BCUT2D eigenvalue weighted by Gasteiger charge is -2.29. The Balaban J connectivity index is 0.00000200. The standard InChI is InChI=1S/C14H21BrN2OS.ClH/c1-17(8-12-7-11(15)9-19-12)14(18)6-10-4-2-3-5-13(10)16;/h7,9-10,13H,2-6,8,16H2,1H3;1H. The van der Waals surface area contributed by atoms with Crippen LogP contribution in [0.25, 0.3) is 0 Å². The molecule has 114 valence electrons. The van der Waals surface area contributed by atoms with Crippen molar-refractivity contribution >= 4 is 45.6 Å². The van der Waals surface area contributed by atoms with Crippen LogP contribution in [0.3, 0.4) is 0 Å². The molecule has 0 aliphatic heterocycles. The lowest BCUT2D eigenvalue weighted by atomic mass is 9.83. The van der Waals surface area contributed by atoms with Gasteiger partial charge < -0.3 is 10.6 Å². The van der Waals surface area contributed by atoms with Gasteiger partial charge in [0.25, 0.3) is 0 Å². The van der Waals surface area contributed by atoms with Gasteiger partial charge in [-0.3, -0.25) is 4.79 Å². The Morgan fingerprint density at radius 1 is 1.50 bits per heavy atom. The number of carbonyl (C=O) groups excluding carboxylic acids is 1. The van der Waals surface area contributed by atoms with E-state index in [0.29, 0.717) is 18.9 Å². The van der Waals surface area contributed by atoms with Gasteiger partial charge in [-0.15, -0.1) is 23.7 Å². The summed E-state index contributed by atoms with van der Waals surface area (Å²) >= 11 is 5.11. The second-order valence-corrected chi connectivity index (χ2v) is 7.31. The Labute approximate surface area is 139 Å². The minimum atomic E-state index is 0. The Bertz CT molecular complexity index is 441. The summed E-state index contributed by atoms with van der Waals surface area (Å²) in [6.45, 7) is 0.692. The fraction of sp³-hybridized carbons (Fsp3) is 0.643. The van der Waals surface area contributed by atoms with Crippen LogP contribution in [0.15, 0.2) is 15.9 Å². The summed E-state index contributed by atoms with van der Waals surface area (Å²) in [4.78, 5) is 15.3. The zero-order chi connectivity index (χ0) is 13.8. The maximum Gasteiger partial charge on any atom is 0.222 e. The number of hydrogen-bond acceptors (Lipinski definition) is 3. The molecule has 2 N–H and O–H groups in total. The van der Waals surface area contributed by atoms with Gasteiger partial charge in [-0.25, -0.2) is 0 Å². The highest BCUT2D eigenvalue weighted by molar-refractivity contribution is 9.10. The van der Waals surface area contributed by atoms with Gasteiger partial charge >= 0.3 is 0 Å². The van der Waals surface area contributed by atoms with Gasteiger partial charge in [0.2, 0.25) is 5.91 Å². The zero-order valence-electron chi connectivity index (χ0n) is 11.7. The van der Waals surface area contributed by atoms with Gasteiger partial charge in [-0.05, 0) is 40.8 Å². The third kappa shape index (κ3) is 5.02. The van der Waals surface area contributed by atoms with Crippen LogP contribution < -0.4 is 5.73 Å². The van der Waals surface area contributed by atoms with Gasteiger partial charge in [0.15, 0.2) is 0 Å². The van der Waals surface area contributed by atoms with Crippen molar-refractivity contribution in [1.82, 2.24) is 4.90 Å². The van der Waals surface area contributed by atoms with Gasteiger partial charge in [-0.2, -0.15) is 0 Å². The topological polar surface area (TPSA) is 46.3 Å². The molecule has 1 saturated carbocycles. The highest BCUT2D eigenvalue weighted by atomic mass is 79.9. The first-order valence-electron chi connectivity index (χ1n) is 6.78. The van der Waals surface area contributed by atoms with Gasteiger partial charge in [-0.1, -0.05) is 12.8 Å². The van der Waals surface area contributed by atoms with Gasteiger partial charge in [0, 0.05) is 34.2 Å². The van der Waals surface area contributed by atoms with Crippen LogP contribution >= 0.6 is 39.7 Å². The minimum absolute atomic E-state index is 0. The Kier molecular flexibility index (Phi) is 7.51. The average molecular weight is 382 g/mol. The van der Waals surface area contributed by atoms with E-state index < -0.39 is 0 Å². The first kappa shape index (κ1) is 18.0. The van der Waals surface area contributed by atoms with Crippen molar-refractivity contribution in [2.45, 2.75) is 44.7 Å². The third-order valence-corrected chi connectivity index (χ3v) is 5.53. The smallest absolute Gasteiger partial charge is 0.222 e. The number of halogens is 2. The summed E-state index contributed by atoms with van der Waals surface area (Å²) in [5.41, 5.74) is 6.11. The molecule has 1 fully saturated rings. The van der Waals surface area contributed by atoms with Crippen molar-refractivity contribution in [1.29, 1.82) is 0 Å². The second-order valence-electron chi connectivity index (χ2n) is 5.39. The van der Waals surface area contributed by atoms with Crippen molar-refractivity contribution in [2.24, 2.45) is 11.7 Å². The number of thiophene rings is 1. The van der Waals surface area contributed by atoms with Gasteiger partial charge in [0.05, 0.1) is 6.54 Å². The molecule has 2 rings (SSSR count). The number of hydrogen-bond donors (Lipinski definition) is 1. The van der Waals surface area contributed by atoms with Crippen LogP contribution in [0.4, 0.5) is 0 Å². The van der Waals surface area contributed by atoms with E-state index in [-0.39, 0.29) is 24.4 Å². The molecular weight excluding hydrogens is 360 g/mol. The number of amides is 1. The molecule has 2 atom stereocenters. The number of nitrogens with zero attached hydrogens (tertiary/aromatic N) is 1. The zero-order valence-corrected chi connectivity index (χ0v) is 14.9. The van der Waals surface area contributed by atoms with E-state index in [1.54, 1.807) is 11.3 Å². The largest absolute Gasteiger partial charge is 0.341 e. The quantitative estimate of drug-likeness (QED) is 0.862. The molecule has 1 amide bonds. The predicted molar refractivity (Wildman–Crippen MR) is 90.3 cm³/mol.